The Kier molecular flexibility index (Phi) is 4.34. The van der Waals surface area contributed by atoms with Gasteiger partial charge in [0, 0.05) is 19.1 Å². The average molecular weight is 278 g/mol. The minimum atomic E-state index is -0.197. The highest BCUT2D eigenvalue weighted by Crippen LogP contribution is 2.42. The Labute approximate surface area is 123 Å². The first kappa shape index (κ1) is 14.4. The lowest BCUT2D eigenvalue weighted by molar-refractivity contribution is -0.143. The van der Waals surface area contributed by atoms with Gasteiger partial charge < -0.3 is 10.6 Å². The largest absolute Gasteiger partial charge is 0.339 e. The fraction of sp³-hybridized carbons (Fsp3) is 0.941. The van der Waals surface area contributed by atoms with E-state index in [1.54, 1.807) is 0 Å². The van der Waals surface area contributed by atoms with Crippen LogP contribution in [0.25, 0.3) is 0 Å². The van der Waals surface area contributed by atoms with Crippen LogP contribution in [0.15, 0.2) is 0 Å². The Morgan fingerprint density at radius 2 is 1.65 bits per heavy atom. The first-order valence-corrected chi connectivity index (χ1v) is 8.76. The lowest BCUT2D eigenvalue weighted by atomic mass is 9.83. The monoisotopic (exact) mass is 278 g/mol. The van der Waals surface area contributed by atoms with Gasteiger partial charge in [0.05, 0.1) is 5.41 Å². The summed E-state index contributed by atoms with van der Waals surface area (Å²) >= 11 is 0. The van der Waals surface area contributed by atoms with Crippen molar-refractivity contribution in [2.24, 2.45) is 17.1 Å². The summed E-state index contributed by atoms with van der Waals surface area (Å²) in [7, 11) is 0. The summed E-state index contributed by atoms with van der Waals surface area (Å²) in [5, 5.41) is 0. The fourth-order valence-corrected chi connectivity index (χ4v) is 4.29. The molecule has 0 unspecified atom stereocenters. The first-order valence-electron chi connectivity index (χ1n) is 8.76. The number of nitrogens with two attached hydrogens (primary N) is 1. The van der Waals surface area contributed by atoms with E-state index in [0.29, 0.717) is 18.5 Å². The Bertz CT molecular complexity index is 339. The lowest BCUT2D eigenvalue weighted by Crippen LogP contribution is -2.49. The predicted octanol–water partition coefficient (Wildman–Crippen LogP) is 3.08. The van der Waals surface area contributed by atoms with Gasteiger partial charge in [-0.3, -0.25) is 4.79 Å². The second-order valence-electron chi connectivity index (χ2n) is 7.38. The van der Waals surface area contributed by atoms with Crippen LogP contribution >= 0.6 is 0 Å². The number of rotatable bonds is 5. The zero-order valence-electron chi connectivity index (χ0n) is 12.8. The Hall–Kier alpha value is -0.570. The molecule has 0 aromatic heterocycles. The number of carbonyl (C=O) groups is 1. The zero-order chi connectivity index (χ0) is 14.0. The van der Waals surface area contributed by atoms with Crippen LogP contribution in [0.2, 0.25) is 0 Å². The maximum absolute atomic E-state index is 13.1. The van der Waals surface area contributed by atoms with E-state index in [4.69, 9.17) is 5.73 Å². The van der Waals surface area contributed by atoms with Crippen LogP contribution in [-0.2, 0) is 4.79 Å². The molecule has 0 heterocycles. The molecule has 0 atom stereocenters. The maximum Gasteiger partial charge on any atom is 0.230 e. The molecule has 3 aliphatic carbocycles. The molecule has 3 fully saturated rings. The van der Waals surface area contributed by atoms with E-state index in [0.717, 1.165) is 25.3 Å². The van der Waals surface area contributed by atoms with E-state index < -0.39 is 0 Å². The molecule has 0 aromatic carbocycles. The van der Waals surface area contributed by atoms with Crippen molar-refractivity contribution >= 4 is 5.91 Å². The molecule has 0 aromatic rings. The summed E-state index contributed by atoms with van der Waals surface area (Å²) in [5.74, 6) is 1.16. The third-order valence-corrected chi connectivity index (χ3v) is 5.83. The summed E-state index contributed by atoms with van der Waals surface area (Å²) in [5.41, 5.74) is 5.82. The molecule has 114 valence electrons. The molecule has 0 saturated heterocycles. The first-order chi connectivity index (χ1) is 9.75. The van der Waals surface area contributed by atoms with Gasteiger partial charge in [-0.25, -0.2) is 0 Å². The molecule has 20 heavy (non-hydrogen) atoms. The van der Waals surface area contributed by atoms with Gasteiger partial charge >= 0.3 is 0 Å². The summed E-state index contributed by atoms with van der Waals surface area (Å²) in [6.45, 7) is 1.57. The van der Waals surface area contributed by atoms with E-state index in [-0.39, 0.29) is 5.41 Å². The van der Waals surface area contributed by atoms with Gasteiger partial charge in [0.15, 0.2) is 0 Å². The van der Waals surface area contributed by atoms with Gasteiger partial charge in [0.2, 0.25) is 5.91 Å². The molecule has 0 bridgehead atoms. The van der Waals surface area contributed by atoms with E-state index in [9.17, 15) is 4.79 Å². The minimum Gasteiger partial charge on any atom is -0.339 e. The number of carbonyl (C=O) groups excluding carboxylic acids is 1. The smallest absolute Gasteiger partial charge is 0.230 e. The van der Waals surface area contributed by atoms with Crippen molar-refractivity contribution in [1.82, 2.24) is 4.90 Å². The summed E-state index contributed by atoms with van der Waals surface area (Å²) < 4.78 is 0. The maximum atomic E-state index is 13.1. The third kappa shape index (κ3) is 2.88. The molecule has 3 nitrogen and oxygen atoms in total. The minimum absolute atomic E-state index is 0.197. The van der Waals surface area contributed by atoms with E-state index in [1.807, 2.05) is 0 Å². The molecular formula is C17H30N2O. The zero-order valence-corrected chi connectivity index (χ0v) is 12.8. The molecule has 3 heteroatoms. The van der Waals surface area contributed by atoms with Crippen LogP contribution in [0.1, 0.15) is 70.6 Å². The molecule has 1 amide bonds. The van der Waals surface area contributed by atoms with Crippen molar-refractivity contribution in [3.63, 3.8) is 0 Å². The van der Waals surface area contributed by atoms with E-state index in [1.165, 1.54) is 57.8 Å². The van der Waals surface area contributed by atoms with Crippen LogP contribution in [0.3, 0.4) is 0 Å². The number of amides is 1. The van der Waals surface area contributed by atoms with Crippen LogP contribution in [-0.4, -0.2) is 29.9 Å². The second kappa shape index (κ2) is 6.05. The van der Waals surface area contributed by atoms with Gasteiger partial charge in [0.25, 0.3) is 0 Å². The van der Waals surface area contributed by atoms with Crippen molar-refractivity contribution in [3.05, 3.63) is 0 Å². The molecule has 2 N–H and O–H groups in total. The summed E-state index contributed by atoms with van der Waals surface area (Å²) in [6.07, 6.45) is 13.6. The molecular weight excluding hydrogens is 248 g/mol. The highest BCUT2D eigenvalue weighted by molar-refractivity contribution is 5.84. The molecule has 0 spiro atoms. The molecule has 3 rings (SSSR count). The Balaban J connectivity index is 1.67. The fourth-order valence-electron chi connectivity index (χ4n) is 4.29. The Morgan fingerprint density at radius 1 is 1.00 bits per heavy atom. The van der Waals surface area contributed by atoms with Crippen LogP contribution in [0, 0.1) is 11.3 Å². The molecule has 3 saturated carbocycles. The van der Waals surface area contributed by atoms with Gasteiger partial charge in [-0.1, -0.05) is 32.1 Å². The normalized spacial score (nSPS) is 26.6. The topological polar surface area (TPSA) is 46.3 Å². The second-order valence-corrected chi connectivity index (χ2v) is 7.38. The quantitative estimate of drug-likeness (QED) is 0.840. The average Bonchev–Trinajstić information content (AvgIpc) is 3.22. The van der Waals surface area contributed by atoms with Crippen LogP contribution < -0.4 is 5.73 Å². The molecule has 3 aliphatic rings. The number of hydrogen-bond acceptors (Lipinski definition) is 2. The van der Waals surface area contributed by atoms with Crippen LogP contribution in [0.5, 0.6) is 0 Å². The standard InChI is InChI=1S/C17H30N2O/c18-13-17(10-4-5-11-17)16(20)19(15-8-9-15)12-14-6-2-1-3-7-14/h14-15H,1-13,18H2. The summed E-state index contributed by atoms with van der Waals surface area (Å²) in [4.78, 5) is 15.4. The van der Waals surface area contributed by atoms with Crippen molar-refractivity contribution in [3.8, 4) is 0 Å². The van der Waals surface area contributed by atoms with Crippen molar-refractivity contribution in [2.45, 2.75) is 76.7 Å². The molecule has 0 aliphatic heterocycles. The van der Waals surface area contributed by atoms with Crippen LogP contribution in [0.4, 0.5) is 0 Å². The van der Waals surface area contributed by atoms with Gasteiger partial charge in [-0.2, -0.15) is 0 Å². The van der Waals surface area contributed by atoms with E-state index in [2.05, 4.69) is 4.90 Å². The van der Waals surface area contributed by atoms with Gasteiger partial charge in [0.1, 0.15) is 0 Å². The summed E-state index contributed by atoms with van der Waals surface area (Å²) in [6, 6.07) is 0.549. The molecule has 0 radical (unpaired) electrons. The SMILES string of the molecule is NCC1(C(=O)N(CC2CCCCC2)C2CC2)CCCC1. The number of nitrogens with zero attached hydrogens (tertiary/aromatic N) is 1. The highest BCUT2D eigenvalue weighted by atomic mass is 16.2. The third-order valence-electron chi connectivity index (χ3n) is 5.83. The predicted molar refractivity (Wildman–Crippen MR) is 81.3 cm³/mol. The van der Waals surface area contributed by atoms with Crippen molar-refractivity contribution < 1.29 is 4.79 Å². The van der Waals surface area contributed by atoms with Gasteiger partial charge in [-0.05, 0) is 44.4 Å². The Morgan fingerprint density at radius 3 is 2.20 bits per heavy atom. The van der Waals surface area contributed by atoms with E-state index >= 15 is 0 Å². The lowest BCUT2D eigenvalue weighted by Gasteiger charge is -2.36. The van der Waals surface area contributed by atoms with Crippen molar-refractivity contribution in [2.75, 3.05) is 13.1 Å². The number of hydrogen-bond donors (Lipinski definition) is 1. The van der Waals surface area contributed by atoms with Gasteiger partial charge in [-0.15, -0.1) is 0 Å². The van der Waals surface area contributed by atoms with Crippen molar-refractivity contribution in [1.29, 1.82) is 0 Å². The highest BCUT2D eigenvalue weighted by Gasteiger charge is 2.46.